The molecule has 0 amide bonds. The van der Waals surface area contributed by atoms with Crippen LogP contribution in [0.1, 0.15) is 16.7 Å². The Morgan fingerprint density at radius 2 is 1.40 bits per heavy atom. The minimum absolute atomic E-state index is 0.458. The molecule has 30 heavy (non-hydrogen) atoms. The van der Waals surface area contributed by atoms with E-state index in [1.54, 1.807) is 29.8 Å². The average Bonchev–Trinajstić information content (AvgIpc) is 2.76. The van der Waals surface area contributed by atoms with Crippen LogP contribution in [0.3, 0.4) is 0 Å². The van der Waals surface area contributed by atoms with Gasteiger partial charge in [-0.25, -0.2) is 0 Å². The van der Waals surface area contributed by atoms with Crippen molar-refractivity contribution in [3.63, 3.8) is 0 Å². The molecule has 1 aliphatic rings. The SMILES string of the molecule is O=P1(NN=Cc2ccc(Cl)cc2Cl)C=C(c2ccccc2)OC(c2ccccc2)=C1. The molecule has 0 aliphatic carbocycles. The molecule has 0 fully saturated rings. The van der Waals surface area contributed by atoms with Crippen LogP contribution >= 0.6 is 30.5 Å². The summed E-state index contributed by atoms with van der Waals surface area (Å²) in [6.45, 7) is 0. The summed E-state index contributed by atoms with van der Waals surface area (Å²) >= 11 is 12.1. The molecule has 7 heteroatoms. The van der Waals surface area contributed by atoms with E-state index < -0.39 is 7.29 Å². The van der Waals surface area contributed by atoms with Crippen LogP contribution in [0.4, 0.5) is 0 Å². The fraction of sp³-hybridized carbons (Fsp3) is 0. The minimum Gasteiger partial charge on any atom is -0.456 e. The fourth-order valence-corrected chi connectivity index (χ4v) is 4.87. The number of halogens is 2. The molecule has 0 bridgehead atoms. The first-order valence-corrected chi connectivity index (χ1v) is 11.7. The highest BCUT2D eigenvalue weighted by molar-refractivity contribution is 7.68. The van der Waals surface area contributed by atoms with Gasteiger partial charge in [0.15, 0.2) is 0 Å². The van der Waals surface area contributed by atoms with Crippen molar-refractivity contribution in [3.8, 4) is 0 Å². The zero-order valence-corrected chi connectivity index (χ0v) is 18.1. The number of hydrogen-bond donors (Lipinski definition) is 1. The van der Waals surface area contributed by atoms with Crippen molar-refractivity contribution >= 4 is 48.2 Å². The predicted octanol–water partition coefficient (Wildman–Crippen LogP) is 7.22. The number of hydrazone groups is 1. The lowest BCUT2D eigenvalue weighted by molar-refractivity contribution is 0.468. The lowest BCUT2D eigenvalue weighted by Crippen LogP contribution is -2.06. The van der Waals surface area contributed by atoms with Gasteiger partial charge in [-0.3, -0.25) is 9.76 Å². The standard InChI is InChI=1S/C23H17Cl2N2O2P/c24-20-12-11-19(21(25)13-20)14-26-27-30(28)15-22(17-7-3-1-4-8-17)29-23(16-30)18-9-5-2-6-10-18/h1-16H,(H,27,28). The van der Waals surface area contributed by atoms with E-state index in [1.165, 1.54) is 6.21 Å². The molecule has 1 N–H and O–H groups in total. The summed E-state index contributed by atoms with van der Waals surface area (Å²) in [6.07, 6.45) is 1.51. The quantitative estimate of drug-likeness (QED) is 0.251. The maximum atomic E-state index is 13.6. The first-order valence-electron chi connectivity index (χ1n) is 9.12. The van der Waals surface area contributed by atoms with Crippen molar-refractivity contribution in [1.29, 1.82) is 0 Å². The molecule has 4 nitrogen and oxygen atoms in total. The van der Waals surface area contributed by atoms with Crippen molar-refractivity contribution in [2.24, 2.45) is 5.10 Å². The van der Waals surface area contributed by atoms with Gasteiger partial charge in [-0.1, -0.05) is 89.9 Å². The zero-order chi connectivity index (χ0) is 21.0. The van der Waals surface area contributed by atoms with Gasteiger partial charge in [-0.2, -0.15) is 5.10 Å². The Morgan fingerprint density at radius 1 is 0.833 bits per heavy atom. The smallest absolute Gasteiger partial charge is 0.235 e. The molecule has 0 saturated carbocycles. The summed E-state index contributed by atoms with van der Waals surface area (Å²) < 4.78 is 19.7. The van der Waals surface area contributed by atoms with Crippen LogP contribution in [-0.4, -0.2) is 6.21 Å². The molecule has 150 valence electrons. The number of benzene rings is 3. The summed E-state index contributed by atoms with van der Waals surface area (Å²) in [5.41, 5.74) is 2.31. The van der Waals surface area contributed by atoms with Gasteiger partial charge in [0, 0.05) is 33.3 Å². The Morgan fingerprint density at radius 3 is 1.93 bits per heavy atom. The Bertz CT molecular complexity index is 1130. The second kappa shape index (κ2) is 8.93. The second-order valence-electron chi connectivity index (χ2n) is 6.55. The van der Waals surface area contributed by atoms with Gasteiger partial charge in [0.05, 0.1) is 11.2 Å². The number of nitrogens with one attached hydrogen (secondary N) is 1. The van der Waals surface area contributed by atoms with E-state index in [0.717, 1.165) is 11.1 Å². The van der Waals surface area contributed by atoms with Crippen molar-refractivity contribution in [2.75, 3.05) is 0 Å². The van der Waals surface area contributed by atoms with E-state index in [-0.39, 0.29) is 0 Å². The van der Waals surface area contributed by atoms with Crippen LogP contribution in [0.5, 0.6) is 0 Å². The first-order chi connectivity index (χ1) is 14.5. The Balaban J connectivity index is 1.67. The molecule has 1 heterocycles. The van der Waals surface area contributed by atoms with Crippen molar-refractivity contribution in [3.05, 3.63) is 117 Å². The molecule has 3 aromatic rings. The highest BCUT2D eigenvalue weighted by Gasteiger charge is 2.26. The van der Waals surface area contributed by atoms with Crippen LogP contribution in [0.25, 0.3) is 11.5 Å². The summed E-state index contributed by atoms with van der Waals surface area (Å²) in [6, 6.07) is 24.1. The summed E-state index contributed by atoms with van der Waals surface area (Å²) in [5, 5.41) is 7.95. The highest BCUT2D eigenvalue weighted by Crippen LogP contribution is 2.53. The maximum Gasteiger partial charge on any atom is 0.235 e. The van der Waals surface area contributed by atoms with E-state index >= 15 is 0 Å². The third-order valence-corrected chi connectivity index (χ3v) is 6.56. The molecular formula is C23H17Cl2N2O2P. The largest absolute Gasteiger partial charge is 0.456 e. The number of hydrogen-bond acceptors (Lipinski definition) is 3. The molecule has 3 aromatic carbocycles. The predicted molar refractivity (Wildman–Crippen MR) is 125 cm³/mol. The van der Waals surface area contributed by atoms with Gasteiger partial charge in [0.2, 0.25) is 7.29 Å². The van der Waals surface area contributed by atoms with E-state index in [2.05, 4.69) is 10.3 Å². The number of nitrogens with zero attached hydrogens (tertiary/aromatic N) is 1. The Labute approximate surface area is 184 Å². The highest BCUT2D eigenvalue weighted by atomic mass is 35.5. The van der Waals surface area contributed by atoms with E-state index in [1.807, 2.05) is 60.7 Å². The van der Waals surface area contributed by atoms with E-state index in [0.29, 0.717) is 27.1 Å². The minimum atomic E-state index is -3.18. The third-order valence-electron chi connectivity index (χ3n) is 4.33. The lowest BCUT2D eigenvalue weighted by Gasteiger charge is -2.22. The van der Waals surface area contributed by atoms with Gasteiger partial charge < -0.3 is 4.74 Å². The van der Waals surface area contributed by atoms with Gasteiger partial charge in [-0.05, 0) is 12.1 Å². The zero-order valence-electron chi connectivity index (χ0n) is 15.7. The van der Waals surface area contributed by atoms with Crippen molar-refractivity contribution < 1.29 is 9.30 Å². The van der Waals surface area contributed by atoms with E-state index in [4.69, 9.17) is 27.9 Å². The summed E-state index contributed by atoms with van der Waals surface area (Å²) in [4.78, 5) is 0. The van der Waals surface area contributed by atoms with Crippen LogP contribution < -0.4 is 5.20 Å². The molecule has 1 aliphatic heterocycles. The maximum absolute atomic E-state index is 13.6. The molecule has 0 atom stereocenters. The van der Waals surface area contributed by atoms with Gasteiger partial charge in [0.1, 0.15) is 11.5 Å². The number of rotatable bonds is 5. The lowest BCUT2D eigenvalue weighted by atomic mass is 10.2. The molecular weight excluding hydrogens is 438 g/mol. The fourth-order valence-electron chi connectivity index (χ4n) is 2.88. The van der Waals surface area contributed by atoms with Gasteiger partial charge in [0.25, 0.3) is 0 Å². The van der Waals surface area contributed by atoms with Crippen LogP contribution in [0.2, 0.25) is 10.0 Å². The first kappa shape index (κ1) is 20.5. The van der Waals surface area contributed by atoms with Crippen molar-refractivity contribution in [2.45, 2.75) is 0 Å². The molecule has 0 unspecified atom stereocenters. The van der Waals surface area contributed by atoms with Gasteiger partial charge in [-0.15, -0.1) is 0 Å². The summed E-state index contributed by atoms with van der Waals surface area (Å²) in [5.74, 6) is 4.17. The molecule has 4 rings (SSSR count). The van der Waals surface area contributed by atoms with Crippen LogP contribution in [0.15, 0.2) is 95.6 Å². The van der Waals surface area contributed by atoms with Gasteiger partial charge >= 0.3 is 0 Å². The Kier molecular flexibility index (Phi) is 6.10. The topological polar surface area (TPSA) is 50.7 Å². The molecule has 0 saturated heterocycles. The molecule has 0 spiro atoms. The monoisotopic (exact) mass is 454 g/mol. The van der Waals surface area contributed by atoms with E-state index in [9.17, 15) is 4.57 Å². The Hall–Kier alpha value is -2.78. The summed E-state index contributed by atoms with van der Waals surface area (Å²) in [7, 11) is -3.18. The van der Waals surface area contributed by atoms with Crippen molar-refractivity contribution in [1.82, 2.24) is 5.20 Å². The van der Waals surface area contributed by atoms with Crippen LogP contribution in [0, 0.1) is 0 Å². The average molecular weight is 455 g/mol. The third kappa shape index (κ3) is 4.85. The van der Waals surface area contributed by atoms with Crippen LogP contribution in [-0.2, 0) is 9.30 Å². The normalized spacial score (nSPS) is 15.3. The molecule has 0 radical (unpaired) electrons. The second-order valence-corrected chi connectivity index (χ2v) is 9.53. The molecule has 0 aromatic heterocycles. The number of ether oxygens (including phenoxy) is 1.